The maximum Gasteiger partial charge on any atom is 0.361 e. The molecule has 1 aliphatic heterocycles. The SMILES string of the molecule is CCB(CC)OC(=O)[C@H]1CCCN1. The van der Waals surface area contributed by atoms with Crippen molar-refractivity contribution < 1.29 is 9.45 Å². The highest BCUT2D eigenvalue weighted by atomic mass is 16.5. The molecule has 1 fully saturated rings. The molecular formula is C9H18BNO2. The molecule has 0 radical (unpaired) electrons. The van der Waals surface area contributed by atoms with Crippen molar-refractivity contribution in [1.29, 1.82) is 0 Å². The van der Waals surface area contributed by atoms with Crippen LogP contribution in [0.1, 0.15) is 26.7 Å². The van der Waals surface area contributed by atoms with Crippen molar-refractivity contribution in [2.45, 2.75) is 45.4 Å². The van der Waals surface area contributed by atoms with Gasteiger partial charge in [-0.1, -0.05) is 13.8 Å². The molecule has 0 spiro atoms. The average Bonchev–Trinajstić information content (AvgIpc) is 2.66. The van der Waals surface area contributed by atoms with Gasteiger partial charge in [-0.3, -0.25) is 4.79 Å². The van der Waals surface area contributed by atoms with Crippen LogP contribution in [0.3, 0.4) is 0 Å². The zero-order valence-electron chi connectivity index (χ0n) is 8.51. The Morgan fingerprint density at radius 2 is 2.23 bits per heavy atom. The van der Waals surface area contributed by atoms with E-state index < -0.39 is 0 Å². The summed E-state index contributed by atoms with van der Waals surface area (Å²) in [4.78, 5) is 11.5. The summed E-state index contributed by atoms with van der Waals surface area (Å²) in [6, 6.07) is -0.0411. The van der Waals surface area contributed by atoms with Crippen LogP contribution in [0.4, 0.5) is 0 Å². The van der Waals surface area contributed by atoms with Gasteiger partial charge in [0, 0.05) is 0 Å². The van der Waals surface area contributed by atoms with Crippen molar-refractivity contribution in [2.75, 3.05) is 6.54 Å². The van der Waals surface area contributed by atoms with E-state index in [2.05, 4.69) is 5.32 Å². The molecule has 1 N–H and O–H groups in total. The second kappa shape index (κ2) is 5.27. The van der Waals surface area contributed by atoms with Gasteiger partial charge in [-0.2, -0.15) is 0 Å². The molecule has 0 amide bonds. The first-order valence-electron chi connectivity index (χ1n) is 5.21. The number of carbonyl (C=O) groups is 1. The largest absolute Gasteiger partial charge is 0.535 e. The van der Waals surface area contributed by atoms with E-state index in [0.29, 0.717) is 0 Å². The van der Waals surface area contributed by atoms with Crippen LogP contribution in [0.5, 0.6) is 0 Å². The third-order valence-electron chi connectivity index (χ3n) is 2.54. The van der Waals surface area contributed by atoms with Crippen molar-refractivity contribution in [1.82, 2.24) is 5.32 Å². The molecule has 0 aromatic heterocycles. The standard InChI is InChI=1S/C9H18BNO2/c1-3-10(4-2)13-9(12)8-6-5-7-11-8/h8,11H,3-7H2,1-2H3/t8-/m1/s1. The number of hydrogen-bond donors (Lipinski definition) is 1. The zero-order valence-corrected chi connectivity index (χ0v) is 8.51. The molecule has 3 nitrogen and oxygen atoms in total. The highest BCUT2D eigenvalue weighted by Crippen LogP contribution is 2.09. The van der Waals surface area contributed by atoms with Crippen LogP contribution in [0, 0.1) is 0 Å². The lowest BCUT2D eigenvalue weighted by Gasteiger charge is -2.14. The minimum absolute atomic E-state index is 0.0411. The number of rotatable bonds is 4. The van der Waals surface area contributed by atoms with Gasteiger partial charge in [0.25, 0.3) is 0 Å². The smallest absolute Gasteiger partial charge is 0.361 e. The maximum absolute atomic E-state index is 11.5. The lowest BCUT2D eigenvalue weighted by Crippen LogP contribution is -2.36. The van der Waals surface area contributed by atoms with Gasteiger partial charge in [0.1, 0.15) is 6.04 Å². The predicted octanol–water partition coefficient (Wildman–Crippen LogP) is 1.31. The van der Waals surface area contributed by atoms with Gasteiger partial charge in [0.05, 0.1) is 0 Å². The molecule has 1 saturated heterocycles. The van der Waals surface area contributed by atoms with Crippen LogP contribution in [0.15, 0.2) is 0 Å². The van der Waals surface area contributed by atoms with Crippen LogP contribution in [-0.4, -0.2) is 25.5 Å². The average molecular weight is 183 g/mol. The molecule has 0 unspecified atom stereocenters. The summed E-state index contributed by atoms with van der Waals surface area (Å²) in [5.74, 6) is -0.0637. The van der Waals surface area contributed by atoms with Gasteiger partial charge in [-0.25, -0.2) is 0 Å². The van der Waals surface area contributed by atoms with E-state index in [1.54, 1.807) is 0 Å². The van der Waals surface area contributed by atoms with Gasteiger partial charge in [0.2, 0.25) is 0 Å². The third-order valence-corrected chi connectivity index (χ3v) is 2.54. The first-order chi connectivity index (χ1) is 6.27. The van der Waals surface area contributed by atoms with E-state index in [0.717, 1.165) is 32.0 Å². The molecule has 0 aliphatic carbocycles. The molecule has 74 valence electrons. The van der Waals surface area contributed by atoms with Crippen LogP contribution in [-0.2, 0) is 9.45 Å². The highest BCUT2D eigenvalue weighted by Gasteiger charge is 2.26. The van der Waals surface area contributed by atoms with Crippen molar-refractivity contribution in [3.63, 3.8) is 0 Å². The lowest BCUT2D eigenvalue weighted by atomic mass is 9.62. The molecule has 0 aromatic carbocycles. The fourth-order valence-electron chi connectivity index (χ4n) is 1.59. The Bertz CT molecular complexity index is 165. The third kappa shape index (κ3) is 3.03. The van der Waals surface area contributed by atoms with Crippen LogP contribution in [0.25, 0.3) is 0 Å². The van der Waals surface area contributed by atoms with E-state index >= 15 is 0 Å². The highest BCUT2D eigenvalue weighted by molar-refractivity contribution is 6.53. The van der Waals surface area contributed by atoms with Gasteiger partial charge in [-0.05, 0) is 32.0 Å². The first kappa shape index (κ1) is 10.6. The molecule has 1 heterocycles. The number of nitrogens with one attached hydrogen (secondary N) is 1. The van der Waals surface area contributed by atoms with E-state index in [1.807, 2.05) is 13.8 Å². The van der Waals surface area contributed by atoms with Crippen molar-refractivity contribution in [3.05, 3.63) is 0 Å². The number of carbonyl (C=O) groups excluding carboxylic acids is 1. The van der Waals surface area contributed by atoms with E-state index in [4.69, 9.17) is 4.65 Å². The first-order valence-corrected chi connectivity index (χ1v) is 5.21. The molecule has 0 aromatic rings. The topological polar surface area (TPSA) is 38.3 Å². The minimum Gasteiger partial charge on any atom is -0.535 e. The molecule has 4 heteroatoms. The quantitative estimate of drug-likeness (QED) is 0.667. The minimum atomic E-state index is -0.0637. The van der Waals surface area contributed by atoms with Crippen LogP contribution in [0.2, 0.25) is 12.6 Å². The Kier molecular flexibility index (Phi) is 4.29. The molecule has 0 saturated carbocycles. The van der Waals surface area contributed by atoms with E-state index in [1.165, 1.54) is 0 Å². The normalized spacial score (nSPS) is 21.5. The Hall–Kier alpha value is -0.505. The Labute approximate surface area is 80.3 Å². The van der Waals surface area contributed by atoms with Gasteiger partial charge in [0.15, 0.2) is 0 Å². The van der Waals surface area contributed by atoms with Crippen molar-refractivity contribution in [3.8, 4) is 0 Å². The molecular weight excluding hydrogens is 165 g/mol. The molecule has 1 rings (SSSR count). The summed E-state index contributed by atoms with van der Waals surface area (Å²) < 4.78 is 5.33. The second-order valence-electron chi connectivity index (χ2n) is 3.52. The summed E-state index contributed by atoms with van der Waals surface area (Å²) in [5.41, 5.74) is 0. The van der Waals surface area contributed by atoms with E-state index in [-0.39, 0.29) is 18.9 Å². The second-order valence-corrected chi connectivity index (χ2v) is 3.52. The van der Waals surface area contributed by atoms with E-state index in [9.17, 15) is 4.79 Å². The van der Waals surface area contributed by atoms with Gasteiger partial charge in [-0.15, -0.1) is 0 Å². The maximum atomic E-state index is 11.5. The monoisotopic (exact) mass is 183 g/mol. The van der Waals surface area contributed by atoms with Crippen LogP contribution < -0.4 is 5.32 Å². The summed E-state index contributed by atoms with van der Waals surface area (Å²) in [6.45, 7) is 5.14. The fourth-order valence-corrected chi connectivity index (χ4v) is 1.59. The van der Waals surface area contributed by atoms with Crippen LogP contribution >= 0.6 is 0 Å². The summed E-state index contributed by atoms with van der Waals surface area (Å²) in [5, 5.41) is 3.14. The van der Waals surface area contributed by atoms with Crippen molar-refractivity contribution in [2.24, 2.45) is 0 Å². The molecule has 13 heavy (non-hydrogen) atoms. The summed E-state index contributed by atoms with van der Waals surface area (Å²) >= 11 is 0. The van der Waals surface area contributed by atoms with Gasteiger partial charge >= 0.3 is 12.9 Å². The molecule has 1 aliphatic rings. The lowest BCUT2D eigenvalue weighted by molar-refractivity contribution is -0.136. The number of hydrogen-bond acceptors (Lipinski definition) is 3. The molecule has 1 atom stereocenters. The van der Waals surface area contributed by atoms with Gasteiger partial charge < -0.3 is 9.97 Å². The summed E-state index contributed by atoms with van der Waals surface area (Å²) in [7, 11) is 0. The zero-order chi connectivity index (χ0) is 9.68. The summed E-state index contributed by atoms with van der Waals surface area (Å²) in [6.07, 6.45) is 3.84. The predicted molar refractivity (Wildman–Crippen MR) is 53.8 cm³/mol. The fraction of sp³-hybridized carbons (Fsp3) is 0.889. The Morgan fingerprint density at radius 1 is 1.54 bits per heavy atom. The Morgan fingerprint density at radius 3 is 2.69 bits per heavy atom. The van der Waals surface area contributed by atoms with Crippen molar-refractivity contribution >= 4 is 12.9 Å². The Balaban J connectivity index is 2.30. The molecule has 0 bridgehead atoms.